The van der Waals surface area contributed by atoms with Gasteiger partial charge in [0.25, 0.3) is 5.91 Å². The summed E-state index contributed by atoms with van der Waals surface area (Å²) in [4.78, 5) is 17.7. The number of para-hydroxylation sites is 1. The first-order valence-electron chi connectivity index (χ1n) is 12.9. The fraction of sp³-hybridized carbons (Fsp3) is 0.0968. The Hall–Kier alpha value is -4.61. The van der Waals surface area contributed by atoms with Crippen LogP contribution < -0.4 is 10.0 Å². The molecule has 4 aromatic carbocycles. The van der Waals surface area contributed by atoms with E-state index < -0.39 is 27.6 Å². The number of nitrogens with zero attached hydrogens (tertiary/aromatic N) is 1. The molecule has 0 aliphatic carbocycles. The number of halogens is 2. The molecule has 0 atom stereocenters. The van der Waals surface area contributed by atoms with E-state index in [9.17, 15) is 17.6 Å². The molecule has 2 heterocycles. The van der Waals surface area contributed by atoms with Crippen LogP contribution in [0.1, 0.15) is 17.3 Å². The monoisotopic (exact) mass is 603 g/mol. The predicted octanol–water partition coefficient (Wildman–Crippen LogP) is 7.44. The summed E-state index contributed by atoms with van der Waals surface area (Å²) in [7, 11) is -2.26. The molecule has 0 radical (unpaired) electrons. The molecule has 0 fully saturated rings. The number of thiazole rings is 1. The summed E-state index contributed by atoms with van der Waals surface area (Å²) in [6, 6.07) is 20.6. The summed E-state index contributed by atoms with van der Waals surface area (Å²) in [5.74, 6) is -1.37. The zero-order chi connectivity index (χ0) is 29.6. The first-order valence-corrected chi connectivity index (χ1v) is 15.4. The van der Waals surface area contributed by atoms with Crippen molar-refractivity contribution in [2.24, 2.45) is 0 Å². The highest BCUT2D eigenvalue weighted by atomic mass is 32.2. The van der Waals surface area contributed by atoms with E-state index in [0.717, 1.165) is 10.2 Å². The van der Waals surface area contributed by atoms with E-state index in [1.54, 1.807) is 12.1 Å². The van der Waals surface area contributed by atoms with Crippen LogP contribution in [0, 0.1) is 11.6 Å². The lowest BCUT2D eigenvalue weighted by atomic mass is 9.97. The van der Waals surface area contributed by atoms with Crippen molar-refractivity contribution in [3.05, 3.63) is 96.1 Å². The zero-order valence-corrected chi connectivity index (χ0v) is 24.0. The van der Waals surface area contributed by atoms with Crippen LogP contribution in [0.25, 0.3) is 54.2 Å². The third kappa shape index (κ3) is 5.01. The molecule has 0 bridgehead atoms. The molecule has 0 spiro atoms. The van der Waals surface area contributed by atoms with Gasteiger partial charge in [-0.05, 0) is 67.1 Å². The third-order valence-electron chi connectivity index (χ3n) is 6.84. The highest BCUT2D eigenvalue weighted by Crippen LogP contribution is 2.42. The number of hydrogen-bond acceptors (Lipinski definition) is 6. The van der Waals surface area contributed by atoms with Crippen LogP contribution in [0.3, 0.4) is 0 Å². The second kappa shape index (κ2) is 10.7. The van der Waals surface area contributed by atoms with Crippen molar-refractivity contribution in [1.82, 2.24) is 10.3 Å². The minimum Gasteiger partial charge on any atom is -0.455 e. The van der Waals surface area contributed by atoms with Gasteiger partial charge in [-0.3, -0.25) is 9.52 Å². The van der Waals surface area contributed by atoms with Crippen LogP contribution in [0.5, 0.6) is 0 Å². The van der Waals surface area contributed by atoms with E-state index in [4.69, 9.17) is 4.42 Å². The number of hydrogen-bond donors (Lipinski definition) is 2. The van der Waals surface area contributed by atoms with Gasteiger partial charge in [-0.25, -0.2) is 22.2 Å². The first-order chi connectivity index (χ1) is 20.2. The SMILES string of the molecule is CCS(=O)(=O)Nc1cc2oc(-c3ccc(F)cc3)c(C(=O)NC)c2cc1-c1ccc(F)c(-c2nc3ccccc3s2)c1. The zero-order valence-electron chi connectivity index (χ0n) is 22.4. The smallest absolute Gasteiger partial charge is 0.255 e. The van der Waals surface area contributed by atoms with Crippen molar-refractivity contribution in [3.63, 3.8) is 0 Å². The van der Waals surface area contributed by atoms with Gasteiger partial charge in [0.05, 0.1) is 27.2 Å². The van der Waals surface area contributed by atoms with Crippen LogP contribution in [0.2, 0.25) is 0 Å². The summed E-state index contributed by atoms with van der Waals surface area (Å²) >= 11 is 1.34. The van der Waals surface area contributed by atoms with Crippen LogP contribution >= 0.6 is 11.3 Å². The van der Waals surface area contributed by atoms with Gasteiger partial charge in [-0.2, -0.15) is 0 Å². The summed E-state index contributed by atoms with van der Waals surface area (Å²) in [6.07, 6.45) is 0. The standard InChI is InChI=1S/C31H23F2N3O4S2/c1-3-42(38,39)36-25-16-26-22(28(30(37)34-2)29(40-26)17-8-11-19(32)12-9-17)15-20(25)18-10-13-23(33)21(14-18)31-35-24-6-4-5-7-27(24)41-31/h4-16,36H,3H2,1-2H3,(H,34,37). The number of aromatic nitrogens is 1. The molecule has 2 N–H and O–H groups in total. The molecule has 11 heteroatoms. The number of carbonyl (C=O) groups is 1. The molecule has 2 aromatic heterocycles. The first kappa shape index (κ1) is 27.6. The lowest BCUT2D eigenvalue weighted by Gasteiger charge is -2.14. The number of rotatable bonds is 7. The largest absolute Gasteiger partial charge is 0.455 e. The fourth-order valence-electron chi connectivity index (χ4n) is 4.70. The molecule has 0 aliphatic rings. The summed E-state index contributed by atoms with van der Waals surface area (Å²) in [5, 5.41) is 3.48. The molecule has 0 aliphatic heterocycles. The van der Waals surface area contributed by atoms with Crippen molar-refractivity contribution in [2.45, 2.75) is 6.92 Å². The van der Waals surface area contributed by atoms with E-state index in [2.05, 4.69) is 15.0 Å². The molecule has 1 amide bonds. The number of carbonyl (C=O) groups excluding carboxylic acids is 1. The third-order valence-corrected chi connectivity index (χ3v) is 9.20. The van der Waals surface area contributed by atoms with Gasteiger partial charge in [0.1, 0.15) is 28.0 Å². The number of benzene rings is 4. The summed E-state index contributed by atoms with van der Waals surface area (Å²) in [5.41, 5.74) is 2.97. The molecule has 0 unspecified atom stereocenters. The number of fused-ring (bicyclic) bond motifs is 2. The molecular weight excluding hydrogens is 580 g/mol. The van der Waals surface area contributed by atoms with Gasteiger partial charge in [0, 0.05) is 35.2 Å². The summed E-state index contributed by atoms with van der Waals surface area (Å²) in [6.45, 7) is 1.51. The Bertz CT molecular complexity index is 2070. The topological polar surface area (TPSA) is 101 Å². The van der Waals surface area contributed by atoms with Crippen molar-refractivity contribution in [2.75, 3.05) is 17.5 Å². The number of amides is 1. The van der Waals surface area contributed by atoms with E-state index in [1.165, 1.54) is 67.8 Å². The van der Waals surface area contributed by atoms with Crippen molar-refractivity contribution in [1.29, 1.82) is 0 Å². The van der Waals surface area contributed by atoms with Crippen molar-refractivity contribution >= 4 is 54.1 Å². The summed E-state index contributed by atoms with van der Waals surface area (Å²) < 4.78 is 63.8. The molecule has 42 heavy (non-hydrogen) atoms. The minimum atomic E-state index is -3.74. The average molecular weight is 604 g/mol. The number of furan rings is 1. The van der Waals surface area contributed by atoms with Gasteiger partial charge in [-0.1, -0.05) is 18.2 Å². The molecule has 7 nitrogen and oxygen atoms in total. The van der Waals surface area contributed by atoms with Gasteiger partial charge in [-0.15, -0.1) is 11.3 Å². The number of anilines is 1. The van der Waals surface area contributed by atoms with Crippen LogP contribution in [0.4, 0.5) is 14.5 Å². The molecule has 6 aromatic rings. The Morgan fingerprint density at radius 3 is 2.40 bits per heavy atom. The van der Waals surface area contributed by atoms with E-state index in [1.807, 2.05) is 24.3 Å². The quantitative estimate of drug-likeness (QED) is 0.198. The van der Waals surface area contributed by atoms with Gasteiger partial charge in [0.15, 0.2) is 0 Å². The normalized spacial score (nSPS) is 11.7. The van der Waals surface area contributed by atoms with Gasteiger partial charge < -0.3 is 9.73 Å². The van der Waals surface area contributed by atoms with Crippen molar-refractivity contribution in [3.8, 4) is 33.0 Å². The Labute approximate surface area is 243 Å². The average Bonchev–Trinajstić information content (AvgIpc) is 3.58. The van der Waals surface area contributed by atoms with E-state index >= 15 is 4.39 Å². The number of nitrogens with one attached hydrogen (secondary N) is 2. The van der Waals surface area contributed by atoms with Crippen LogP contribution in [-0.2, 0) is 10.0 Å². The molecule has 0 saturated heterocycles. The minimum absolute atomic E-state index is 0.187. The van der Waals surface area contributed by atoms with Gasteiger partial charge in [0.2, 0.25) is 10.0 Å². The van der Waals surface area contributed by atoms with Crippen LogP contribution in [0.15, 0.2) is 83.3 Å². The second-order valence-corrected chi connectivity index (χ2v) is 12.5. The molecule has 0 saturated carbocycles. The maximum Gasteiger partial charge on any atom is 0.255 e. The lowest BCUT2D eigenvalue weighted by Crippen LogP contribution is -2.18. The van der Waals surface area contributed by atoms with Crippen molar-refractivity contribution < 1.29 is 26.4 Å². The fourth-order valence-corrected chi connectivity index (χ4v) is 6.34. The maximum absolute atomic E-state index is 15.2. The van der Waals surface area contributed by atoms with Gasteiger partial charge >= 0.3 is 0 Å². The van der Waals surface area contributed by atoms with Crippen LogP contribution in [-0.4, -0.2) is 32.1 Å². The van der Waals surface area contributed by atoms with E-state index in [-0.39, 0.29) is 33.9 Å². The lowest BCUT2D eigenvalue weighted by molar-refractivity contribution is 0.0964. The Kier molecular flexibility index (Phi) is 6.99. The second-order valence-electron chi connectivity index (χ2n) is 9.47. The Morgan fingerprint density at radius 1 is 0.952 bits per heavy atom. The highest BCUT2D eigenvalue weighted by molar-refractivity contribution is 7.92. The predicted molar refractivity (Wildman–Crippen MR) is 162 cm³/mol. The number of sulfonamides is 1. The molecular formula is C31H23F2N3O4S2. The van der Waals surface area contributed by atoms with E-state index in [0.29, 0.717) is 27.1 Å². The highest BCUT2D eigenvalue weighted by Gasteiger charge is 2.25. The Balaban J connectivity index is 1.60. The molecule has 212 valence electrons. The Morgan fingerprint density at radius 2 is 1.69 bits per heavy atom. The maximum atomic E-state index is 15.2. The molecule has 6 rings (SSSR count).